The molecule has 10 aromatic carbocycles. The van der Waals surface area contributed by atoms with Crippen molar-refractivity contribution in [1.82, 2.24) is 4.57 Å². The summed E-state index contributed by atoms with van der Waals surface area (Å²) in [5.41, 5.74) is 12.7. The van der Waals surface area contributed by atoms with Crippen LogP contribution in [-0.2, 0) is 0 Å². The predicted octanol–water partition coefficient (Wildman–Crippen LogP) is 15.4. The number of fused-ring (bicyclic) bond motifs is 9. The molecule has 0 bridgehead atoms. The number of hydrogen-bond acceptors (Lipinski definition) is 2. The van der Waals surface area contributed by atoms with Crippen LogP contribution in [0.4, 0.5) is 17.1 Å². The molecular weight excluding hydrogens is 717 g/mol. The van der Waals surface area contributed by atoms with Crippen LogP contribution in [-0.4, -0.2) is 4.57 Å². The minimum absolute atomic E-state index is 0.802. The second kappa shape index (κ2) is 13.3. The largest absolute Gasteiger partial charge is 0.455 e. The predicted molar refractivity (Wildman–Crippen MR) is 246 cm³/mol. The fraction of sp³-hybridized carbons (Fsp3) is 0. The minimum atomic E-state index is 0.802. The zero-order valence-corrected chi connectivity index (χ0v) is 31.9. The summed E-state index contributed by atoms with van der Waals surface area (Å²) in [5, 5.41) is 9.24. The smallest absolute Gasteiger partial charge is 0.144 e. The molecule has 0 N–H and O–H groups in total. The molecular formula is C56H34N2O. The van der Waals surface area contributed by atoms with E-state index >= 15 is 0 Å². The summed E-state index contributed by atoms with van der Waals surface area (Å²) >= 11 is 0. The van der Waals surface area contributed by atoms with Crippen molar-refractivity contribution in [1.29, 1.82) is 0 Å². The third-order valence-corrected chi connectivity index (χ3v) is 11.8. The van der Waals surface area contributed by atoms with Crippen molar-refractivity contribution in [2.24, 2.45) is 0 Å². The molecule has 2 aromatic heterocycles. The lowest BCUT2D eigenvalue weighted by Gasteiger charge is -2.30. The quantitative estimate of drug-likeness (QED) is 0.158. The number of anilines is 3. The number of nitrogens with zero attached hydrogens (tertiary/aromatic N) is 2. The molecule has 12 aromatic rings. The van der Waals surface area contributed by atoms with Gasteiger partial charge in [-0.05, 0) is 82.4 Å². The lowest BCUT2D eigenvalue weighted by Crippen LogP contribution is -2.12. The van der Waals surface area contributed by atoms with Crippen LogP contribution in [0.25, 0.3) is 93.2 Å². The number of furan rings is 1. The molecule has 0 unspecified atom stereocenters. The van der Waals surface area contributed by atoms with Gasteiger partial charge in [0.25, 0.3) is 0 Å². The van der Waals surface area contributed by atoms with Crippen LogP contribution in [0.15, 0.2) is 211 Å². The Kier molecular flexibility index (Phi) is 7.45. The maximum atomic E-state index is 6.63. The summed E-state index contributed by atoms with van der Waals surface area (Å²) < 4.78 is 9.04. The van der Waals surface area contributed by atoms with E-state index in [-0.39, 0.29) is 0 Å². The Hall–Kier alpha value is -8.06. The topological polar surface area (TPSA) is 21.3 Å². The van der Waals surface area contributed by atoms with Gasteiger partial charge in [0.15, 0.2) is 0 Å². The van der Waals surface area contributed by atoms with Crippen LogP contribution in [0.5, 0.6) is 0 Å². The minimum Gasteiger partial charge on any atom is -0.455 e. The molecule has 0 aliphatic heterocycles. The number of para-hydroxylation sites is 5. The van der Waals surface area contributed by atoms with E-state index in [1.807, 2.05) is 12.1 Å². The molecule has 0 aliphatic carbocycles. The van der Waals surface area contributed by atoms with Crippen molar-refractivity contribution in [3.05, 3.63) is 218 Å². The SMILES string of the molecule is c1ccc2oc3c(-c4ccccc4N(c4cccc(-c5ccccc5-n5c6ccccc6c6ccccc65)c4)c4cc5ccccc5c5ccccc45)cccc3c2c#1. The average Bonchev–Trinajstić information content (AvgIpc) is 3.86. The number of hydrogen-bond donors (Lipinski definition) is 0. The van der Waals surface area contributed by atoms with E-state index < -0.39 is 0 Å². The molecule has 2 heterocycles. The molecule has 0 atom stereocenters. The van der Waals surface area contributed by atoms with Crippen molar-refractivity contribution >= 4 is 82.4 Å². The van der Waals surface area contributed by atoms with E-state index in [4.69, 9.17) is 4.42 Å². The van der Waals surface area contributed by atoms with Gasteiger partial charge in [-0.2, -0.15) is 0 Å². The van der Waals surface area contributed by atoms with E-state index in [0.29, 0.717) is 0 Å². The molecule has 0 spiro atoms. The summed E-state index contributed by atoms with van der Waals surface area (Å²) in [5.74, 6) is 0. The molecule has 0 amide bonds. The first kappa shape index (κ1) is 33.1. The second-order valence-corrected chi connectivity index (χ2v) is 15.1. The van der Waals surface area contributed by atoms with E-state index in [0.717, 1.165) is 66.9 Å². The van der Waals surface area contributed by atoms with Gasteiger partial charge in [-0.15, -0.1) is 0 Å². The fourth-order valence-corrected chi connectivity index (χ4v) is 9.26. The summed E-state index contributed by atoms with van der Waals surface area (Å²) in [6, 6.07) is 80.4. The Morgan fingerprint density at radius 1 is 0.441 bits per heavy atom. The fourth-order valence-electron chi connectivity index (χ4n) is 9.26. The van der Waals surface area contributed by atoms with Crippen molar-refractivity contribution in [3.8, 4) is 27.9 Å². The average molecular weight is 751 g/mol. The van der Waals surface area contributed by atoms with Gasteiger partial charge >= 0.3 is 0 Å². The van der Waals surface area contributed by atoms with Gasteiger partial charge in [0.05, 0.1) is 33.5 Å². The van der Waals surface area contributed by atoms with Crippen LogP contribution in [0.2, 0.25) is 0 Å². The molecule has 59 heavy (non-hydrogen) atoms. The lowest BCUT2D eigenvalue weighted by atomic mass is 9.96. The Morgan fingerprint density at radius 3 is 1.90 bits per heavy atom. The molecule has 3 heteroatoms. The summed E-state index contributed by atoms with van der Waals surface area (Å²) in [7, 11) is 0. The maximum absolute atomic E-state index is 6.63. The number of aromatic nitrogens is 1. The molecule has 3 nitrogen and oxygen atoms in total. The first-order valence-electron chi connectivity index (χ1n) is 20.0. The van der Waals surface area contributed by atoms with E-state index in [1.165, 1.54) is 43.4 Å². The molecule has 0 aliphatic rings. The molecule has 0 fully saturated rings. The zero-order valence-electron chi connectivity index (χ0n) is 31.9. The molecule has 0 saturated heterocycles. The molecule has 0 radical (unpaired) electrons. The van der Waals surface area contributed by atoms with Gasteiger partial charge in [-0.25, -0.2) is 0 Å². The molecule has 12 rings (SSSR count). The van der Waals surface area contributed by atoms with Crippen LogP contribution in [0, 0.1) is 12.1 Å². The summed E-state index contributed by atoms with van der Waals surface area (Å²) in [6.07, 6.45) is 0. The van der Waals surface area contributed by atoms with Gasteiger partial charge in [0.2, 0.25) is 0 Å². The highest BCUT2D eigenvalue weighted by atomic mass is 16.3. The van der Waals surface area contributed by atoms with Crippen LogP contribution in [0.1, 0.15) is 0 Å². The Labute approximate surface area is 341 Å². The van der Waals surface area contributed by atoms with Crippen LogP contribution >= 0.6 is 0 Å². The highest BCUT2D eigenvalue weighted by Gasteiger charge is 2.23. The highest BCUT2D eigenvalue weighted by Crippen LogP contribution is 2.48. The lowest BCUT2D eigenvalue weighted by molar-refractivity contribution is 0.670. The monoisotopic (exact) mass is 750 g/mol. The summed E-state index contributed by atoms with van der Waals surface area (Å²) in [6.45, 7) is 0. The van der Waals surface area contributed by atoms with Gasteiger partial charge < -0.3 is 13.9 Å². The summed E-state index contributed by atoms with van der Waals surface area (Å²) in [4.78, 5) is 2.44. The Balaban J connectivity index is 1.13. The molecule has 274 valence electrons. The van der Waals surface area contributed by atoms with Gasteiger partial charge in [-0.1, -0.05) is 158 Å². The van der Waals surface area contributed by atoms with Crippen molar-refractivity contribution in [2.75, 3.05) is 4.90 Å². The first-order chi connectivity index (χ1) is 29.3. The Morgan fingerprint density at radius 2 is 1.07 bits per heavy atom. The van der Waals surface area contributed by atoms with Crippen LogP contribution < -0.4 is 4.90 Å². The molecule has 0 saturated carbocycles. The van der Waals surface area contributed by atoms with Gasteiger partial charge in [0.1, 0.15) is 11.2 Å². The standard InChI is InChI=1S/C56H34N2O/c1-2-20-40-38(17-1)36-54(43-23-4-3-22-42(40)43)57(51-31-11-8-26-46(51)48-28-16-29-49-47-27-9-14-34-55(47)59-56(48)49)39-19-15-18-37(35-39)41-21-5-10-30-50(41)58-52-32-12-6-24-44(52)45-25-7-13-33-53(45)58/h1-8,10-26,28-36H. The number of rotatable bonds is 6. The van der Waals surface area contributed by atoms with Gasteiger partial charge in [-0.3, -0.25) is 0 Å². The van der Waals surface area contributed by atoms with E-state index in [1.54, 1.807) is 0 Å². The van der Waals surface area contributed by atoms with Crippen molar-refractivity contribution in [2.45, 2.75) is 0 Å². The first-order valence-corrected chi connectivity index (χ1v) is 20.0. The van der Waals surface area contributed by atoms with Crippen molar-refractivity contribution in [3.63, 3.8) is 0 Å². The highest BCUT2D eigenvalue weighted by molar-refractivity contribution is 6.16. The second-order valence-electron chi connectivity index (χ2n) is 15.1. The van der Waals surface area contributed by atoms with Gasteiger partial charge in [0, 0.05) is 43.9 Å². The third kappa shape index (κ3) is 5.17. The Bertz CT molecular complexity index is 3540. The maximum Gasteiger partial charge on any atom is 0.144 e. The van der Waals surface area contributed by atoms with Crippen LogP contribution in [0.3, 0.4) is 0 Å². The van der Waals surface area contributed by atoms with Crippen molar-refractivity contribution < 1.29 is 4.42 Å². The normalized spacial score (nSPS) is 11.6. The zero-order chi connectivity index (χ0) is 38.9. The third-order valence-electron chi connectivity index (χ3n) is 11.8. The number of benzene rings is 9. The van der Waals surface area contributed by atoms with E-state index in [2.05, 4.69) is 216 Å². The van der Waals surface area contributed by atoms with E-state index in [9.17, 15) is 0 Å².